The van der Waals surface area contributed by atoms with Gasteiger partial charge in [0.2, 0.25) is 0 Å². The predicted octanol–water partition coefficient (Wildman–Crippen LogP) is 2.05. The summed E-state index contributed by atoms with van der Waals surface area (Å²) in [4.78, 5) is 11.3. The van der Waals surface area contributed by atoms with Crippen LogP contribution in [0.4, 0.5) is 0 Å². The van der Waals surface area contributed by atoms with Gasteiger partial charge in [-0.15, -0.1) is 0 Å². The van der Waals surface area contributed by atoms with Gasteiger partial charge in [0, 0.05) is 23.6 Å². The maximum atomic E-state index is 11.3. The number of amides is 1. The van der Waals surface area contributed by atoms with Gasteiger partial charge < -0.3 is 10.4 Å². The van der Waals surface area contributed by atoms with Crippen LogP contribution in [-0.4, -0.2) is 29.4 Å². The number of thioether (sulfide) groups is 1. The van der Waals surface area contributed by atoms with E-state index in [1.165, 1.54) is 0 Å². The van der Waals surface area contributed by atoms with Crippen LogP contribution in [0.1, 0.15) is 29.8 Å². The van der Waals surface area contributed by atoms with E-state index in [1.54, 1.807) is 25.7 Å². The Morgan fingerprint density at radius 1 is 1.35 bits per heavy atom. The number of benzene rings is 1. The third kappa shape index (κ3) is 4.40. The molecule has 17 heavy (non-hydrogen) atoms. The Labute approximate surface area is 107 Å². The van der Waals surface area contributed by atoms with Crippen molar-refractivity contribution in [1.29, 1.82) is 0 Å². The average Bonchev–Trinajstić information content (AvgIpc) is 2.35. The monoisotopic (exact) mass is 253 g/mol. The summed E-state index contributed by atoms with van der Waals surface area (Å²) in [7, 11) is 1.62. The van der Waals surface area contributed by atoms with Gasteiger partial charge in [0.25, 0.3) is 5.91 Å². The summed E-state index contributed by atoms with van der Waals surface area (Å²) >= 11 is 1.71. The molecule has 1 aromatic carbocycles. The largest absolute Gasteiger partial charge is 0.392 e. The standard InChI is InChI=1S/C13H19NO2S/c1-9(15)10(2)17-8-11-4-6-12(7-5-11)13(16)14-3/h4-7,9-10,15H,8H2,1-3H3,(H,14,16)/t9-,10+/m0/s1. The number of rotatable bonds is 5. The Kier molecular flexibility index (Phi) is 5.51. The van der Waals surface area contributed by atoms with Gasteiger partial charge in [-0.25, -0.2) is 0 Å². The molecule has 4 heteroatoms. The summed E-state index contributed by atoms with van der Waals surface area (Å²) in [5, 5.41) is 12.2. The molecule has 0 aliphatic heterocycles. The molecule has 0 heterocycles. The van der Waals surface area contributed by atoms with Crippen LogP contribution in [0.25, 0.3) is 0 Å². The molecule has 1 aromatic rings. The van der Waals surface area contributed by atoms with Crippen LogP contribution in [0.15, 0.2) is 24.3 Å². The van der Waals surface area contributed by atoms with Crippen LogP contribution in [-0.2, 0) is 5.75 Å². The Hall–Kier alpha value is -1.00. The molecular formula is C13H19NO2S. The van der Waals surface area contributed by atoms with Crippen LogP contribution in [0.2, 0.25) is 0 Å². The highest BCUT2D eigenvalue weighted by Crippen LogP contribution is 2.20. The van der Waals surface area contributed by atoms with E-state index in [1.807, 2.05) is 31.2 Å². The fraction of sp³-hybridized carbons (Fsp3) is 0.462. The van der Waals surface area contributed by atoms with Gasteiger partial charge in [0.1, 0.15) is 0 Å². The second-order valence-corrected chi connectivity index (χ2v) is 5.40. The normalized spacial score (nSPS) is 14.1. The molecular weight excluding hydrogens is 234 g/mol. The molecule has 2 atom stereocenters. The van der Waals surface area contributed by atoms with Gasteiger partial charge in [-0.1, -0.05) is 19.1 Å². The summed E-state index contributed by atoms with van der Waals surface area (Å²) < 4.78 is 0. The summed E-state index contributed by atoms with van der Waals surface area (Å²) in [6, 6.07) is 7.54. The molecule has 0 aromatic heterocycles. The van der Waals surface area contributed by atoms with E-state index in [0.717, 1.165) is 11.3 Å². The van der Waals surface area contributed by atoms with Crippen LogP contribution in [0, 0.1) is 0 Å². The van der Waals surface area contributed by atoms with Crippen LogP contribution < -0.4 is 5.32 Å². The van der Waals surface area contributed by atoms with Crippen molar-refractivity contribution >= 4 is 17.7 Å². The fourth-order valence-corrected chi connectivity index (χ4v) is 2.19. The molecule has 3 nitrogen and oxygen atoms in total. The van der Waals surface area contributed by atoms with Gasteiger partial charge in [0.15, 0.2) is 0 Å². The van der Waals surface area contributed by atoms with Crippen molar-refractivity contribution in [2.45, 2.75) is 31.0 Å². The second kappa shape index (κ2) is 6.67. The van der Waals surface area contributed by atoms with Gasteiger partial charge in [-0.05, 0) is 24.6 Å². The first-order valence-corrected chi connectivity index (χ1v) is 6.70. The lowest BCUT2D eigenvalue weighted by atomic mass is 10.1. The van der Waals surface area contributed by atoms with E-state index in [9.17, 15) is 9.90 Å². The molecule has 0 saturated heterocycles. The lowest BCUT2D eigenvalue weighted by molar-refractivity contribution is 0.0963. The smallest absolute Gasteiger partial charge is 0.251 e. The minimum atomic E-state index is -0.301. The van der Waals surface area contributed by atoms with Crippen molar-refractivity contribution in [2.24, 2.45) is 0 Å². The zero-order valence-electron chi connectivity index (χ0n) is 10.4. The lowest BCUT2D eigenvalue weighted by Gasteiger charge is -2.13. The number of hydrogen-bond donors (Lipinski definition) is 2. The zero-order chi connectivity index (χ0) is 12.8. The number of aliphatic hydroxyl groups excluding tert-OH is 1. The Morgan fingerprint density at radius 2 is 1.94 bits per heavy atom. The predicted molar refractivity (Wildman–Crippen MR) is 72.3 cm³/mol. The molecule has 0 aliphatic carbocycles. The Balaban J connectivity index is 2.54. The lowest BCUT2D eigenvalue weighted by Crippen LogP contribution is -2.17. The maximum absolute atomic E-state index is 11.3. The van der Waals surface area contributed by atoms with Crippen molar-refractivity contribution < 1.29 is 9.90 Å². The van der Waals surface area contributed by atoms with E-state index in [0.29, 0.717) is 5.56 Å². The third-order valence-corrected chi connectivity index (χ3v) is 4.06. The summed E-state index contributed by atoms with van der Waals surface area (Å²) in [5.74, 6) is 0.779. The van der Waals surface area contributed by atoms with Crippen LogP contribution in [0.3, 0.4) is 0 Å². The molecule has 0 aliphatic rings. The topological polar surface area (TPSA) is 49.3 Å². The van der Waals surface area contributed by atoms with Gasteiger partial charge in [0.05, 0.1) is 6.10 Å². The molecule has 0 bridgehead atoms. The summed E-state index contributed by atoms with van der Waals surface area (Å²) in [5.41, 5.74) is 1.83. The molecule has 94 valence electrons. The SMILES string of the molecule is CNC(=O)c1ccc(CS[C@H](C)[C@H](C)O)cc1. The molecule has 0 radical (unpaired) electrons. The third-order valence-electron chi connectivity index (χ3n) is 2.64. The molecule has 0 fully saturated rings. The first-order valence-electron chi connectivity index (χ1n) is 5.65. The van der Waals surface area contributed by atoms with Crippen molar-refractivity contribution in [1.82, 2.24) is 5.32 Å². The van der Waals surface area contributed by atoms with Gasteiger partial charge in [-0.3, -0.25) is 4.79 Å². The van der Waals surface area contributed by atoms with E-state index < -0.39 is 0 Å². The van der Waals surface area contributed by atoms with Crippen LogP contribution >= 0.6 is 11.8 Å². The van der Waals surface area contributed by atoms with E-state index in [4.69, 9.17) is 0 Å². The molecule has 0 spiro atoms. The number of carbonyl (C=O) groups excluding carboxylic acids is 1. The first kappa shape index (κ1) is 14.1. The first-order chi connectivity index (χ1) is 8.04. The average molecular weight is 253 g/mol. The number of nitrogens with one attached hydrogen (secondary N) is 1. The molecule has 2 N–H and O–H groups in total. The van der Waals surface area contributed by atoms with Gasteiger partial charge >= 0.3 is 0 Å². The highest BCUT2D eigenvalue weighted by atomic mass is 32.2. The van der Waals surface area contributed by atoms with Gasteiger partial charge in [-0.2, -0.15) is 11.8 Å². The Morgan fingerprint density at radius 3 is 2.41 bits per heavy atom. The van der Waals surface area contributed by atoms with Crippen molar-refractivity contribution in [2.75, 3.05) is 7.05 Å². The quantitative estimate of drug-likeness (QED) is 0.844. The maximum Gasteiger partial charge on any atom is 0.251 e. The number of aliphatic hydroxyl groups is 1. The highest BCUT2D eigenvalue weighted by Gasteiger charge is 2.09. The van der Waals surface area contributed by atoms with E-state index in [2.05, 4.69) is 5.32 Å². The molecule has 0 saturated carbocycles. The zero-order valence-corrected chi connectivity index (χ0v) is 11.3. The fourth-order valence-electron chi connectivity index (χ4n) is 1.26. The number of carbonyl (C=O) groups is 1. The summed E-state index contributed by atoms with van der Waals surface area (Å²) in [6.07, 6.45) is -0.301. The Bertz CT molecular complexity index is 362. The van der Waals surface area contributed by atoms with Crippen molar-refractivity contribution in [3.8, 4) is 0 Å². The minimum absolute atomic E-state index is 0.0680. The molecule has 0 unspecified atom stereocenters. The highest BCUT2D eigenvalue weighted by molar-refractivity contribution is 7.99. The summed E-state index contributed by atoms with van der Waals surface area (Å²) in [6.45, 7) is 3.81. The van der Waals surface area contributed by atoms with Crippen LogP contribution in [0.5, 0.6) is 0 Å². The second-order valence-electron chi connectivity index (χ2n) is 4.03. The molecule has 1 amide bonds. The van der Waals surface area contributed by atoms with E-state index in [-0.39, 0.29) is 17.3 Å². The van der Waals surface area contributed by atoms with Crippen molar-refractivity contribution in [3.05, 3.63) is 35.4 Å². The minimum Gasteiger partial charge on any atom is -0.392 e. The van der Waals surface area contributed by atoms with Crippen molar-refractivity contribution in [3.63, 3.8) is 0 Å². The van der Waals surface area contributed by atoms with E-state index >= 15 is 0 Å². The number of hydrogen-bond acceptors (Lipinski definition) is 3. The molecule has 1 rings (SSSR count).